The summed E-state index contributed by atoms with van der Waals surface area (Å²) in [6.45, 7) is -0.351. The second kappa shape index (κ2) is 5.32. The van der Waals surface area contributed by atoms with Crippen molar-refractivity contribution in [1.29, 1.82) is 0 Å². The smallest absolute Gasteiger partial charge is 0.253 e. The minimum Gasteiger partial charge on any atom is -0.326 e. The molecule has 1 heterocycles. The van der Waals surface area contributed by atoms with Gasteiger partial charge in [0.15, 0.2) is 0 Å². The van der Waals surface area contributed by atoms with Crippen molar-refractivity contribution in [2.45, 2.75) is 18.3 Å². The number of nitrogens with two attached hydrogens (primary N) is 1. The number of H-pyrrole nitrogens is 1. The molecule has 0 aliphatic carbocycles. The Labute approximate surface area is 90.3 Å². The van der Waals surface area contributed by atoms with E-state index >= 15 is 0 Å². The number of aryl methyl sites for hydroxylation is 1. The number of hydrogen-bond acceptors (Lipinski definition) is 3. The SMILES string of the molecule is Cl.[2H]C([2H])(N)c1c(SC)cc(C)[nH]c1=O. The van der Waals surface area contributed by atoms with E-state index in [2.05, 4.69) is 4.98 Å². The lowest BCUT2D eigenvalue weighted by molar-refractivity contribution is 0.951. The monoisotopic (exact) mass is 222 g/mol. The summed E-state index contributed by atoms with van der Waals surface area (Å²) in [5.74, 6) is 0. The normalized spacial score (nSPS) is 12.8. The maximum absolute atomic E-state index is 11.5. The first-order chi connectivity index (χ1) is 6.36. The Hall–Kier alpha value is -0.450. The van der Waals surface area contributed by atoms with Gasteiger partial charge in [0.1, 0.15) is 0 Å². The van der Waals surface area contributed by atoms with Gasteiger partial charge in [-0.3, -0.25) is 4.79 Å². The fraction of sp³-hybridized carbons (Fsp3) is 0.375. The Balaban J connectivity index is 0.00000196. The topological polar surface area (TPSA) is 58.9 Å². The molecular weight excluding hydrogens is 208 g/mol. The maximum atomic E-state index is 11.5. The third kappa shape index (κ3) is 2.76. The highest BCUT2D eigenvalue weighted by molar-refractivity contribution is 7.98. The molecule has 13 heavy (non-hydrogen) atoms. The second-order valence-electron chi connectivity index (χ2n) is 2.37. The van der Waals surface area contributed by atoms with Crippen LogP contribution in [-0.4, -0.2) is 11.2 Å². The molecule has 0 radical (unpaired) electrons. The van der Waals surface area contributed by atoms with Crippen LogP contribution in [0.5, 0.6) is 0 Å². The molecular formula is C8H13ClN2OS. The third-order valence-electron chi connectivity index (χ3n) is 1.50. The lowest BCUT2D eigenvalue weighted by atomic mass is 10.2. The summed E-state index contributed by atoms with van der Waals surface area (Å²) in [5, 5.41) is 0. The van der Waals surface area contributed by atoms with Gasteiger partial charge in [0.05, 0.1) is 0 Å². The molecule has 3 nitrogen and oxygen atoms in total. The minimum absolute atomic E-state index is 0. The molecule has 74 valence electrons. The van der Waals surface area contributed by atoms with Gasteiger partial charge in [-0.05, 0) is 19.2 Å². The highest BCUT2D eigenvalue weighted by Crippen LogP contribution is 2.16. The predicted molar refractivity (Wildman–Crippen MR) is 58.7 cm³/mol. The van der Waals surface area contributed by atoms with E-state index < -0.39 is 12.1 Å². The first-order valence-electron chi connectivity index (χ1n) is 4.43. The van der Waals surface area contributed by atoms with E-state index in [1.807, 2.05) is 0 Å². The van der Waals surface area contributed by atoms with Crippen molar-refractivity contribution in [2.24, 2.45) is 5.73 Å². The quantitative estimate of drug-likeness (QED) is 0.742. The number of thioether (sulfide) groups is 1. The van der Waals surface area contributed by atoms with E-state index in [4.69, 9.17) is 8.48 Å². The summed E-state index contributed by atoms with van der Waals surface area (Å²) < 4.78 is 14.7. The van der Waals surface area contributed by atoms with Crippen molar-refractivity contribution >= 4 is 24.2 Å². The van der Waals surface area contributed by atoms with Gasteiger partial charge < -0.3 is 10.7 Å². The predicted octanol–water partition coefficient (Wildman–Crippen LogP) is 1.29. The summed E-state index contributed by atoms with van der Waals surface area (Å²) in [6, 6.07) is 1.71. The van der Waals surface area contributed by atoms with Gasteiger partial charge in [-0.1, -0.05) is 0 Å². The summed E-state index contributed by atoms with van der Waals surface area (Å²) in [7, 11) is 0. The lowest BCUT2D eigenvalue weighted by Crippen LogP contribution is -2.17. The largest absolute Gasteiger partial charge is 0.326 e. The molecule has 1 aromatic heterocycles. The maximum Gasteiger partial charge on any atom is 0.253 e. The standard InChI is InChI=1S/C8H12N2OS.ClH/c1-5-3-7(12-2)6(4-9)8(11)10-5;/h3H,4,9H2,1-2H3,(H,10,11);1H/i4D2;. The molecule has 1 aromatic rings. The van der Waals surface area contributed by atoms with Crippen LogP contribution >= 0.6 is 24.2 Å². The van der Waals surface area contributed by atoms with Crippen LogP contribution < -0.4 is 11.3 Å². The molecule has 0 bridgehead atoms. The lowest BCUT2D eigenvalue weighted by Gasteiger charge is -2.04. The van der Waals surface area contributed by atoms with Gasteiger partial charge in [-0.25, -0.2) is 0 Å². The highest BCUT2D eigenvalue weighted by atomic mass is 35.5. The van der Waals surface area contributed by atoms with Crippen LogP contribution in [0.3, 0.4) is 0 Å². The van der Waals surface area contributed by atoms with Crippen LogP contribution in [-0.2, 0) is 6.50 Å². The summed E-state index contributed by atoms with van der Waals surface area (Å²) in [5.41, 5.74) is 5.52. The number of nitrogens with one attached hydrogen (secondary N) is 1. The number of pyridine rings is 1. The van der Waals surface area contributed by atoms with Crippen LogP contribution in [0.4, 0.5) is 0 Å². The van der Waals surface area contributed by atoms with E-state index in [1.165, 1.54) is 11.8 Å². The first-order valence-corrected chi connectivity index (χ1v) is 4.66. The van der Waals surface area contributed by atoms with Crippen molar-refractivity contribution in [3.63, 3.8) is 0 Å². The number of rotatable bonds is 2. The molecule has 0 spiro atoms. The zero-order valence-corrected chi connectivity index (χ0v) is 9.01. The van der Waals surface area contributed by atoms with Gasteiger partial charge in [0.2, 0.25) is 0 Å². The minimum atomic E-state index is -2.10. The van der Waals surface area contributed by atoms with Crippen molar-refractivity contribution in [3.05, 3.63) is 27.7 Å². The average Bonchev–Trinajstić information content (AvgIpc) is 1.99. The molecule has 3 N–H and O–H groups in total. The van der Waals surface area contributed by atoms with Gasteiger partial charge in [-0.15, -0.1) is 24.2 Å². The number of hydrogen-bond donors (Lipinski definition) is 2. The molecule has 1 rings (SSSR count). The third-order valence-corrected chi connectivity index (χ3v) is 2.26. The average molecular weight is 223 g/mol. The highest BCUT2D eigenvalue weighted by Gasteiger charge is 2.04. The van der Waals surface area contributed by atoms with E-state index in [0.717, 1.165) is 0 Å². The van der Waals surface area contributed by atoms with Crippen molar-refractivity contribution in [1.82, 2.24) is 4.98 Å². The van der Waals surface area contributed by atoms with E-state index in [-0.39, 0.29) is 18.0 Å². The molecule has 0 saturated carbocycles. The molecule has 0 atom stereocenters. The molecule has 5 heteroatoms. The number of aromatic amines is 1. The zero-order valence-electron chi connectivity index (χ0n) is 9.38. The van der Waals surface area contributed by atoms with Crippen LogP contribution in [0, 0.1) is 6.92 Å². The van der Waals surface area contributed by atoms with Gasteiger partial charge >= 0.3 is 0 Å². The van der Waals surface area contributed by atoms with Crippen molar-refractivity contribution in [3.8, 4) is 0 Å². The summed E-state index contributed by atoms with van der Waals surface area (Å²) in [6.07, 6.45) is 1.78. The Bertz CT molecular complexity index is 403. The zero-order chi connectivity index (χ0) is 10.9. The summed E-state index contributed by atoms with van der Waals surface area (Å²) >= 11 is 1.31. The fourth-order valence-corrected chi connectivity index (χ4v) is 1.61. The van der Waals surface area contributed by atoms with Gasteiger partial charge in [0.25, 0.3) is 5.56 Å². The van der Waals surface area contributed by atoms with Crippen LogP contribution in [0.15, 0.2) is 15.8 Å². The molecule has 0 amide bonds. The number of halogens is 1. The fourth-order valence-electron chi connectivity index (χ4n) is 0.956. The Morgan fingerprint density at radius 3 is 2.85 bits per heavy atom. The Kier molecular flexibility index (Phi) is 3.73. The molecule has 0 unspecified atom stereocenters. The van der Waals surface area contributed by atoms with Crippen LogP contribution in [0.25, 0.3) is 0 Å². The Morgan fingerprint density at radius 1 is 1.77 bits per heavy atom. The van der Waals surface area contributed by atoms with Gasteiger partial charge in [-0.2, -0.15) is 0 Å². The van der Waals surface area contributed by atoms with Gasteiger partial charge in [0, 0.05) is 25.4 Å². The molecule has 0 aliphatic heterocycles. The molecule has 0 saturated heterocycles. The Morgan fingerprint density at radius 2 is 2.38 bits per heavy atom. The van der Waals surface area contributed by atoms with Crippen molar-refractivity contribution < 1.29 is 2.74 Å². The van der Waals surface area contributed by atoms with Crippen LogP contribution in [0.1, 0.15) is 14.0 Å². The molecule has 0 aliphatic rings. The van der Waals surface area contributed by atoms with Crippen LogP contribution in [0.2, 0.25) is 0 Å². The van der Waals surface area contributed by atoms with E-state index in [0.29, 0.717) is 10.6 Å². The second-order valence-corrected chi connectivity index (χ2v) is 3.22. The van der Waals surface area contributed by atoms with E-state index in [1.54, 1.807) is 19.2 Å². The first kappa shape index (κ1) is 9.12. The van der Waals surface area contributed by atoms with Crippen molar-refractivity contribution in [2.75, 3.05) is 6.26 Å². The number of aromatic nitrogens is 1. The van der Waals surface area contributed by atoms with E-state index in [9.17, 15) is 4.79 Å². The molecule has 0 fully saturated rings. The summed E-state index contributed by atoms with van der Waals surface area (Å²) in [4.78, 5) is 14.6. The molecule has 0 aromatic carbocycles.